The molecule has 0 fully saturated rings. The van der Waals surface area contributed by atoms with Crippen molar-refractivity contribution in [2.45, 2.75) is 13.5 Å². The molecule has 0 bridgehead atoms. The van der Waals surface area contributed by atoms with Crippen LogP contribution in [0.25, 0.3) is 6.08 Å². The zero-order valence-electron chi connectivity index (χ0n) is 14.0. The number of Topliss-reactive ketones (excluding diaryl/α,β-unsaturated/α-hetero) is 1. The first kappa shape index (κ1) is 16.5. The van der Waals surface area contributed by atoms with Crippen LogP contribution in [0.3, 0.4) is 0 Å². The average Bonchev–Trinajstić information content (AvgIpc) is 3.18. The third kappa shape index (κ3) is 3.24. The Bertz CT molecular complexity index is 1020. The molecule has 0 atom stereocenters. The van der Waals surface area contributed by atoms with Crippen LogP contribution < -0.4 is 9.47 Å². The summed E-state index contributed by atoms with van der Waals surface area (Å²) in [6.07, 6.45) is 1.60. The highest BCUT2D eigenvalue weighted by Crippen LogP contribution is 2.35. The molecule has 0 N–H and O–H groups in total. The van der Waals surface area contributed by atoms with Gasteiger partial charge in [-0.3, -0.25) is 4.79 Å². The van der Waals surface area contributed by atoms with Gasteiger partial charge in [0.25, 0.3) is 0 Å². The van der Waals surface area contributed by atoms with Crippen molar-refractivity contribution in [3.05, 3.63) is 88.0 Å². The van der Waals surface area contributed by atoms with E-state index in [4.69, 9.17) is 25.5 Å². The molecule has 130 valence electrons. The van der Waals surface area contributed by atoms with E-state index in [1.54, 1.807) is 30.3 Å². The lowest BCUT2D eigenvalue weighted by Gasteiger charge is -2.08. The van der Waals surface area contributed by atoms with Crippen LogP contribution in [0, 0.1) is 6.92 Å². The lowest BCUT2D eigenvalue weighted by Crippen LogP contribution is -1.97. The molecule has 3 aromatic rings. The van der Waals surface area contributed by atoms with E-state index in [0.29, 0.717) is 34.5 Å². The maximum absolute atomic E-state index is 12.4. The quantitative estimate of drug-likeness (QED) is 0.577. The maximum atomic E-state index is 12.4. The van der Waals surface area contributed by atoms with Gasteiger partial charge in [-0.25, -0.2) is 0 Å². The molecule has 26 heavy (non-hydrogen) atoms. The number of hydrogen-bond acceptors (Lipinski definition) is 4. The molecular formula is C21H15ClO4. The number of furan rings is 1. The van der Waals surface area contributed by atoms with Gasteiger partial charge in [0.05, 0.1) is 5.56 Å². The fourth-order valence-electron chi connectivity index (χ4n) is 2.69. The molecular weight excluding hydrogens is 352 g/mol. The van der Waals surface area contributed by atoms with E-state index in [0.717, 1.165) is 11.3 Å². The van der Waals surface area contributed by atoms with Gasteiger partial charge in [-0.05, 0) is 37.3 Å². The van der Waals surface area contributed by atoms with Crippen LogP contribution in [-0.4, -0.2) is 5.78 Å². The van der Waals surface area contributed by atoms with Crippen molar-refractivity contribution in [2.75, 3.05) is 0 Å². The summed E-state index contributed by atoms with van der Waals surface area (Å²) in [6.45, 7) is 2.18. The summed E-state index contributed by atoms with van der Waals surface area (Å²) in [5, 5.41) is 0.652. The van der Waals surface area contributed by atoms with Crippen molar-refractivity contribution in [1.29, 1.82) is 0 Å². The van der Waals surface area contributed by atoms with Crippen LogP contribution in [0.5, 0.6) is 11.5 Å². The molecule has 4 nitrogen and oxygen atoms in total. The first-order valence-corrected chi connectivity index (χ1v) is 8.49. The summed E-state index contributed by atoms with van der Waals surface area (Å²) in [6, 6.07) is 16.3. The number of ether oxygens (including phenoxy) is 2. The molecule has 0 aliphatic carbocycles. The van der Waals surface area contributed by atoms with E-state index in [2.05, 4.69) is 0 Å². The molecule has 1 aliphatic rings. The number of rotatable bonds is 4. The summed E-state index contributed by atoms with van der Waals surface area (Å²) in [4.78, 5) is 12.4. The number of ketones is 1. The van der Waals surface area contributed by atoms with E-state index in [1.807, 2.05) is 37.3 Å². The molecule has 0 radical (unpaired) electrons. The van der Waals surface area contributed by atoms with E-state index in [9.17, 15) is 4.79 Å². The highest BCUT2D eigenvalue weighted by Gasteiger charge is 2.28. The molecule has 2 aromatic carbocycles. The fourth-order valence-corrected chi connectivity index (χ4v) is 2.88. The van der Waals surface area contributed by atoms with Crippen molar-refractivity contribution >= 4 is 23.5 Å². The second kappa shape index (κ2) is 6.73. The number of carbonyl (C=O) groups is 1. The lowest BCUT2D eigenvalue weighted by molar-refractivity contribution is 0.101. The Morgan fingerprint density at radius 3 is 2.73 bits per heavy atom. The Balaban J connectivity index is 1.52. The number of aryl methyl sites for hydroxylation is 1. The van der Waals surface area contributed by atoms with Gasteiger partial charge in [0.1, 0.15) is 29.6 Å². The molecule has 4 rings (SSSR count). The zero-order chi connectivity index (χ0) is 18.1. The van der Waals surface area contributed by atoms with Gasteiger partial charge in [0, 0.05) is 22.7 Å². The normalized spacial score (nSPS) is 14.4. The summed E-state index contributed by atoms with van der Waals surface area (Å²) in [5.74, 6) is 2.49. The SMILES string of the molecule is Cc1ccc(/C=C2/Oc3cc(OCc4ccccc4Cl)ccc3C2=O)o1. The van der Waals surface area contributed by atoms with E-state index in [-0.39, 0.29) is 11.5 Å². The summed E-state index contributed by atoms with van der Waals surface area (Å²) >= 11 is 6.14. The Kier molecular flexibility index (Phi) is 4.27. The van der Waals surface area contributed by atoms with Gasteiger partial charge in [-0.15, -0.1) is 0 Å². The summed E-state index contributed by atoms with van der Waals surface area (Å²) in [7, 11) is 0. The second-order valence-electron chi connectivity index (χ2n) is 5.93. The third-order valence-electron chi connectivity index (χ3n) is 4.03. The lowest BCUT2D eigenvalue weighted by atomic mass is 10.1. The first-order valence-electron chi connectivity index (χ1n) is 8.11. The van der Waals surface area contributed by atoms with Gasteiger partial charge in [0.15, 0.2) is 5.76 Å². The molecule has 1 aliphatic heterocycles. The topological polar surface area (TPSA) is 48.7 Å². The zero-order valence-corrected chi connectivity index (χ0v) is 14.7. The van der Waals surface area contributed by atoms with Crippen LogP contribution in [-0.2, 0) is 6.61 Å². The van der Waals surface area contributed by atoms with Gasteiger partial charge < -0.3 is 13.9 Å². The number of allylic oxidation sites excluding steroid dienone is 1. The Morgan fingerprint density at radius 2 is 1.96 bits per heavy atom. The van der Waals surface area contributed by atoms with Crippen molar-refractivity contribution in [2.24, 2.45) is 0 Å². The van der Waals surface area contributed by atoms with Gasteiger partial charge >= 0.3 is 0 Å². The maximum Gasteiger partial charge on any atom is 0.232 e. The number of fused-ring (bicyclic) bond motifs is 1. The number of halogens is 1. The van der Waals surface area contributed by atoms with Crippen molar-refractivity contribution in [1.82, 2.24) is 0 Å². The minimum Gasteiger partial charge on any atom is -0.489 e. The van der Waals surface area contributed by atoms with Gasteiger partial charge in [-0.1, -0.05) is 29.8 Å². The Morgan fingerprint density at radius 1 is 1.12 bits per heavy atom. The van der Waals surface area contributed by atoms with Gasteiger partial charge in [-0.2, -0.15) is 0 Å². The van der Waals surface area contributed by atoms with Crippen LogP contribution >= 0.6 is 11.6 Å². The summed E-state index contributed by atoms with van der Waals surface area (Å²) < 4.78 is 16.9. The van der Waals surface area contributed by atoms with Crippen LogP contribution in [0.2, 0.25) is 5.02 Å². The molecule has 5 heteroatoms. The largest absolute Gasteiger partial charge is 0.489 e. The van der Waals surface area contributed by atoms with Crippen molar-refractivity contribution in [3.63, 3.8) is 0 Å². The molecule has 1 aromatic heterocycles. The van der Waals surface area contributed by atoms with E-state index < -0.39 is 0 Å². The predicted octanol–water partition coefficient (Wildman–Crippen LogP) is 5.44. The minimum absolute atomic E-state index is 0.174. The molecule has 0 saturated heterocycles. The molecule has 0 spiro atoms. The number of hydrogen-bond donors (Lipinski definition) is 0. The van der Waals surface area contributed by atoms with E-state index in [1.165, 1.54) is 0 Å². The average molecular weight is 367 g/mol. The van der Waals surface area contributed by atoms with E-state index >= 15 is 0 Å². The molecule has 2 heterocycles. The molecule has 0 saturated carbocycles. The number of carbonyl (C=O) groups excluding carboxylic acids is 1. The van der Waals surface area contributed by atoms with Crippen LogP contribution in [0.15, 0.2) is 64.8 Å². The molecule has 0 unspecified atom stereocenters. The smallest absolute Gasteiger partial charge is 0.232 e. The van der Waals surface area contributed by atoms with Crippen molar-refractivity contribution < 1.29 is 18.7 Å². The second-order valence-corrected chi connectivity index (χ2v) is 6.33. The van der Waals surface area contributed by atoms with Crippen molar-refractivity contribution in [3.8, 4) is 11.5 Å². The Labute approximate surface area is 155 Å². The first-order chi connectivity index (χ1) is 12.6. The monoisotopic (exact) mass is 366 g/mol. The number of benzene rings is 2. The van der Waals surface area contributed by atoms with Crippen LogP contribution in [0.4, 0.5) is 0 Å². The third-order valence-corrected chi connectivity index (χ3v) is 4.40. The predicted molar refractivity (Wildman–Crippen MR) is 98.6 cm³/mol. The molecule has 0 amide bonds. The standard InChI is InChI=1S/C21H15ClO4/c1-13-6-7-16(25-13)11-20-21(23)17-9-8-15(10-19(17)26-20)24-12-14-4-2-3-5-18(14)22/h2-11H,12H2,1H3/b20-11+. The fraction of sp³-hybridized carbons (Fsp3) is 0.0952. The highest BCUT2D eigenvalue weighted by molar-refractivity contribution is 6.31. The van der Waals surface area contributed by atoms with Gasteiger partial charge in [0.2, 0.25) is 5.78 Å². The minimum atomic E-state index is -0.174. The Hall–Kier alpha value is -2.98. The van der Waals surface area contributed by atoms with Crippen LogP contribution in [0.1, 0.15) is 27.4 Å². The summed E-state index contributed by atoms with van der Waals surface area (Å²) in [5.41, 5.74) is 1.39. The highest BCUT2D eigenvalue weighted by atomic mass is 35.5.